The molecule has 20 heavy (non-hydrogen) atoms. The van der Waals surface area contributed by atoms with Gasteiger partial charge in [0.15, 0.2) is 0 Å². The van der Waals surface area contributed by atoms with E-state index in [1.165, 1.54) is 17.5 Å². The summed E-state index contributed by atoms with van der Waals surface area (Å²) in [5, 5.41) is 2.37. The maximum atomic E-state index is 5.97. The Hall–Kier alpha value is -1.80. The summed E-state index contributed by atoms with van der Waals surface area (Å²) < 4.78 is 5.97. The van der Waals surface area contributed by atoms with Gasteiger partial charge in [0.05, 0.1) is 6.04 Å². The Bertz CT molecular complexity index is 510. The average molecular weight is 270 g/mol. The van der Waals surface area contributed by atoms with Crippen molar-refractivity contribution >= 4 is 0 Å². The molecule has 2 aromatic carbocycles. The van der Waals surface area contributed by atoms with Gasteiger partial charge in [-0.3, -0.25) is 0 Å². The zero-order valence-corrected chi connectivity index (χ0v) is 12.4. The van der Waals surface area contributed by atoms with Crippen molar-refractivity contribution in [3.8, 4) is 5.75 Å². The van der Waals surface area contributed by atoms with Gasteiger partial charge in [-0.2, -0.15) is 0 Å². The van der Waals surface area contributed by atoms with Crippen LogP contribution in [0.3, 0.4) is 0 Å². The predicted molar refractivity (Wildman–Crippen MR) is 82.6 cm³/mol. The normalized spacial score (nSPS) is 12.1. The molecule has 106 valence electrons. The molecule has 0 aliphatic carbocycles. The molecular formula is C18H24NO+. The van der Waals surface area contributed by atoms with Crippen LogP contribution in [-0.2, 0) is 13.2 Å². The SMILES string of the molecule is CC[C@@H](C)[NH2+]Cc1ccccc1OCc1ccccc1. The fraction of sp³-hybridized carbons (Fsp3) is 0.333. The lowest BCUT2D eigenvalue weighted by Gasteiger charge is -2.13. The average Bonchev–Trinajstić information content (AvgIpc) is 2.52. The van der Waals surface area contributed by atoms with E-state index in [0.29, 0.717) is 12.6 Å². The quantitative estimate of drug-likeness (QED) is 0.822. The number of hydrogen-bond donors (Lipinski definition) is 1. The first-order valence-corrected chi connectivity index (χ1v) is 7.37. The molecule has 2 aromatic rings. The van der Waals surface area contributed by atoms with Gasteiger partial charge in [0.1, 0.15) is 18.9 Å². The Kier molecular flexibility index (Phi) is 5.63. The number of rotatable bonds is 7. The molecule has 0 aromatic heterocycles. The Morgan fingerprint density at radius 2 is 1.70 bits per heavy atom. The van der Waals surface area contributed by atoms with Crippen LogP contribution in [-0.4, -0.2) is 6.04 Å². The van der Waals surface area contributed by atoms with E-state index in [0.717, 1.165) is 12.3 Å². The zero-order valence-electron chi connectivity index (χ0n) is 12.4. The van der Waals surface area contributed by atoms with Crippen LogP contribution in [0.4, 0.5) is 0 Å². The Morgan fingerprint density at radius 1 is 1.00 bits per heavy atom. The highest BCUT2D eigenvalue weighted by Gasteiger charge is 2.07. The van der Waals surface area contributed by atoms with E-state index >= 15 is 0 Å². The first-order valence-electron chi connectivity index (χ1n) is 7.37. The second-order valence-electron chi connectivity index (χ2n) is 5.21. The minimum atomic E-state index is 0.626. The van der Waals surface area contributed by atoms with Crippen molar-refractivity contribution in [3.63, 3.8) is 0 Å². The highest BCUT2D eigenvalue weighted by atomic mass is 16.5. The van der Waals surface area contributed by atoms with Crippen LogP contribution in [0.25, 0.3) is 0 Å². The van der Waals surface area contributed by atoms with Crippen molar-refractivity contribution < 1.29 is 10.1 Å². The summed E-state index contributed by atoms with van der Waals surface area (Å²) in [4.78, 5) is 0. The number of benzene rings is 2. The standard InChI is InChI=1S/C18H23NO/c1-3-15(2)19-13-17-11-7-8-12-18(17)20-14-16-9-5-4-6-10-16/h4-12,15,19H,3,13-14H2,1-2H3/p+1/t15-/m1/s1. The van der Waals surface area contributed by atoms with E-state index < -0.39 is 0 Å². The third-order valence-corrected chi connectivity index (χ3v) is 3.59. The summed E-state index contributed by atoms with van der Waals surface area (Å²) in [5.41, 5.74) is 2.47. The number of hydrogen-bond acceptors (Lipinski definition) is 1. The number of quaternary nitrogens is 1. The fourth-order valence-corrected chi connectivity index (χ4v) is 2.04. The Morgan fingerprint density at radius 3 is 2.45 bits per heavy atom. The molecule has 1 atom stereocenters. The highest BCUT2D eigenvalue weighted by molar-refractivity contribution is 5.32. The minimum Gasteiger partial charge on any atom is -0.488 e. The first kappa shape index (κ1) is 14.6. The van der Waals surface area contributed by atoms with E-state index in [9.17, 15) is 0 Å². The van der Waals surface area contributed by atoms with Gasteiger partial charge < -0.3 is 10.1 Å². The van der Waals surface area contributed by atoms with Gasteiger partial charge in [0, 0.05) is 5.56 Å². The van der Waals surface area contributed by atoms with Crippen LogP contribution in [0.5, 0.6) is 5.75 Å². The topological polar surface area (TPSA) is 25.8 Å². The van der Waals surface area contributed by atoms with Gasteiger partial charge in [0.2, 0.25) is 0 Å². The minimum absolute atomic E-state index is 0.626. The molecular weight excluding hydrogens is 246 g/mol. The van der Waals surface area contributed by atoms with Crippen LogP contribution in [0, 0.1) is 0 Å². The molecule has 0 bridgehead atoms. The van der Waals surface area contributed by atoms with Gasteiger partial charge in [-0.15, -0.1) is 0 Å². The van der Waals surface area contributed by atoms with Gasteiger partial charge in [-0.05, 0) is 31.0 Å². The van der Waals surface area contributed by atoms with Gasteiger partial charge in [-0.1, -0.05) is 49.4 Å². The molecule has 0 unspecified atom stereocenters. The molecule has 0 saturated heterocycles. The van der Waals surface area contributed by atoms with E-state index in [2.05, 4.69) is 49.5 Å². The van der Waals surface area contributed by atoms with Crippen LogP contribution in [0.15, 0.2) is 54.6 Å². The molecule has 0 aliphatic heterocycles. The van der Waals surface area contributed by atoms with Crippen molar-refractivity contribution in [2.75, 3.05) is 0 Å². The maximum absolute atomic E-state index is 5.97. The third kappa shape index (κ3) is 4.39. The smallest absolute Gasteiger partial charge is 0.128 e. The van der Waals surface area contributed by atoms with Crippen molar-refractivity contribution in [2.45, 2.75) is 39.5 Å². The largest absolute Gasteiger partial charge is 0.488 e. The summed E-state index contributed by atoms with van der Waals surface area (Å²) in [6.07, 6.45) is 1.19. The lowest BCUT2D eigenvalue weighted by molar-refractivity contribution is -0.701. The molecule has 0 amide bonds. The molecule has 2 rings (SSSR count). The lowest BCUT2D eigenvalue weighted by atomic mass is 10.1. The van der Waals surface area contributed by atoms with Crippen molar-refractivity contribution in [1.29, 1.82) is 0 Å². The maximum Gasteiger partial charge on any atom is 0.128 e. The summed E-state index contributed by atoms with van der Waals surface area (Å²) in [6, 6.07) is 19.3. The van der Waals surface area contributed by atoms with Crippen LogP contribution < -0.4 is 10.1 Å². The van der Waals surface area contributed by atoms with Crippen LogP contribution in [0.2, 0.25) is 0 Å². The lowest BCUT2D eigenvalue weighted by Crippen LogP contribution is -2.87. The predicted octanol–water partition coefficient (Wildman–Crippen LogP) is 3.13. The first-order chi connectivity index (χ1) is 9.79. The highest BCUT2D eigenvalue weighted by Crippen LogP contribution is 2.18. The van der Waals surface area contributed by atoms with Crippen molar-refractivity contribution in [3.05, 3.63) is 65.7 Å². The molecule has 0 saturated carbocycles. The molecule has 2 N–H and O–H groups in total. The van der Waals surface area contributed by atoms with E-state index in [4.69, 9.17) is 4.74 Å². The van der Waals surface area contributed by atoms with E-state index in [-0.39, 0.29) is 0 Å². The third-order valence-electron chi connectivity index (χ3n) is 3.59. The monoisotopic (exact) mass is 270 g/mol. The van der Waals surface area contributed by atoms with E-state index in [1.807, 2.05) is 24.3 Å². The molecule has 0 aliphatic rings. The van der Waals surface area contributed by atoms with Gasteiger partial charge in [-0.25, -0.2) is 0 Å². The molecule has 0 radical (unpaired) electrons. The summed E-state index contributed by atoms with van der Waals surface area (Å²) in [6.45, 7) is 6.08. The van der Waals surface area contributed by atoms with Crippen molar-refractivity contribution in [1.82, 2.24) is 0 Å². The molecule has 0 spiro atoms. The molecule has 2 heteroatoms. The Balaban J connectivity index is 1.97. The summed E-state index contributed by atoms with van der Waals surface area (Å²) in [7, 11) is 0. The number of ether oxygens (including phenoxy) is 1. The second kappa shape index (κ2) is 7.71. The summed E-state index contributed by atoms with van der Waals surface area (Å²) in [5.74, 6) is 0.996. The van der Waals surface area contributed by atoms with Crippen molar-refractivity contribution in [2.24, 2.45) is 0 Å². The van der Waals surface area contributed by atoms with Gasteiger partial charge in [0.25, 0.3) is 0 Å². The van der Waals surface area contributed by atoms with Crippen LogP contribution in [0.1, 0.15) is 31.4 Å². The van der Waals surface area contributed by atoms with Crippen LogP contribution >= 0.6 is 0 Å². The molecule has 2 nitrogen and oxygen atoms in total. The zero-order chi connectivity index (χ0) is 14.2. The molecule has 0 fully saturated rings. The number of nitrogens with two attached hydrogens (primary N) is 1. The fourth-order valence-electron chi connectivity index (χ4n) is 2.04. The molecule has 0 heterocycles. The number of para-hydroxylation sites is 1. The Labute approximate surface area is 121 Å². The summed E-state index contributed by atoms with van der Waals surface area (Å²) >= 11 is 0. The second-order valence-corrected chi connectivity index (χ2v) is 5.21. The van der Waals surface area contributed by atoms with Gasteiger partial charge >= 0.3 is 0 Å². The van der Waals surface area contributed by atoms with E-state index in [1.54, 1.807) is 0 Å².